The average molecular weight is 304 g/mol. The zero-order valence-electron chi connectivity index (χ0n) is 13.3. The Morgan fingerprint density at radius 3 is 2.76 bits per heavy atom. The topological polar surface area (TPSA) is 55.0 Å². The highest BCUT2D eigenvalue weighted by Gasteiger charge is 2.26. The summed E-state index contributed by atoms with van der Waals surface area (Å²) in [5, 5.41) is 1.24. The van der Waals surface area contributed by atoms with E-state index in [0.29, 0.717) is 5.92 Å². The highest BCUT2D eigenvalue weighted by molar-refractivity contribution is 7.18. The first-order valence-electron chi connectivity index (χ1n) is 7.72. The molecule has 4 nitrogen and oxygen atoms in total. The Labute approximate surface area is 130 Å². The largest absolute Gasteiger partial charge is 0.356 e. The fourth-order valence-corrected chi connectivity index (χ4v) is 4.26. The van der Waals surface area contributed by atoms with Gasteiger partial charge in [0.2, 0.25) is 0 Å². The number of hydrogen-bond acceptors (Lipinski definition) is 5. The van der Waals surface area contributed by atoms with E-state index in [2.05, 4.69) is 30.7 Å². The van der Waals surface area contributed by atoms with Crippen LogP contribution in [-0.2, 0) is 0 Å². The lowest BCUT2D eigenvalue weighted by atomic mass is 9.92. The van der Waals surface area contributed by atoms with Crippen molar-refractivity contribution < 1.29 is 0 Å². The SMILES string of the molecule is Cc1nc(N2CCCC(C(C)N)C2)c2c(C)c(C)sc2n1. The first-order chi connectivity index (χ1) is 9.97. The molecule has 1 saturated heterocycles. The van der Waals surface area contributed by atoms with Gasteiger partial charge in [0.25, 0.3) is 0 Å². The number of aromatic nitrogens is 2. The number of nitrogens with zero attached hydrogens (tertiary/aromatic N) is 3. The minimum absolute atomic E-state index is 0.247. The third kappa shape index (κ3) is 2.64. The van der Waals surface area contributed by atoms with Crippen LogP contribution in [0.4, 0.5) is 5.82 Å². The molecule has 3 rings (SSSR count). The number of fused-ring (bicyclic) bond motifs is 1. The number of thiophene rings is 1. The number of anilines is 1. The summed E-state index contributed by atoms with van der Waals surface area (Å²) in [6.07, 6.45) is 2.42. The zero-order valence-corrected chi connectivity index (χ0v) is 14.1. The minimum atomic E-state index is 0.247. The van der Waals surface area contributed by atoms with Crippen LogP contribution in [0.1, 0.15) is 36.0 Å². The lowest BCUT2D eigenvalue weighted by molar-refractivity contribution is 0.363. The van der Waals surface area contributed by atoms with Gasteiger partial charge in [0, 0.05) is 24.0 Å². The highest BCUT2D eigenvalue weighted by atomic mass is 32.1. The van der Waals surface area contributed by atoms with Gasteiger partial charge in [0.15, 0.2) is 0 Å². The van der Waals surface area contributed by atoms with Crippen molar-refractivity contribution >= 4 is 27.4 Å². The van der Waals surface area contributed by atoms with Crippen molar-refractivity contribution in [3.05, 3.63) is 16.3 Å². The van der Waals surface area contributed by atoms with Crippen LogP contribution in [0.15, 0.2) is 0 Å². The Balaban J connectivity index is 2.07. The molecule has 2 atom stereocenters. The smallest absolute Gasteiger partial charge is 0.141 e. The van der Waals surface area contributed by atoms with E-state index in [1.54, 1.807) is 11.3 Å². The van der Waals surface area contributed by atoms with Gasteiger partial charge in [-0.3, -0.25) is 0 Å². The minimum Gasteiger partial charge on any atom is -0.356 e. The third-order valence-electron chi connectivity index (χ3n) is 4.62. The van der Waals surface area contributed by atoms with Gasteiger partial charge in [-0.2, -0.15) is 0 Å². The molecule has 0 saturated carbocycles. The van der Waals surface area contributed by atoms with Crippen LogP contribution in [-0.4, -0.2) is 29.1 Å². The van der Waals surface area contributed by atoms with Crippen molar-refractivity contribution in [2.75, 3.05) is 18.0 Å². The summed E-state index contributed by atoms with van der Waals surface area (Å²) in [5.74, 6) is 2.54. The van der Waals surface area contributed by atoms with E-state index in [4.69, 9.17) is 10.7 Å². The van der Waals surface area contributed by atoms with Gasteiger partial charge in [-0.1, -0.05) is 0 Å². The lowest BCUT2D eigenvalue weighted by Gasteiger charge is -2.35. The first kappa shape index (κ1) is 14.7. The maximum Gasteiger partial charge on any atom is 0.141 e. The summed E-state index contributed by atoms with van der Waals surface area (Å²) in [4.78, 5) is 14.3. The molecule has 2 unspecified atom stereocenters. The number of hydrogen-bond donors (Lipinski definition) is 1. The predicted octanol–water partition coefficient (Wildman–Crippen LogP) is 3.18. The molecular weight excluding hydrogens is 280 g/mol. The van der Waals surface area contributed by atoms with Crippen molar-refractivity contribution in [2.24, 2.45) is 11.7 Å². The molecule has 0 amide bonds. The van der Waals surface area contributed by atoms with Gasteiger partial charge in [-0.25, -0.2) is 9.97 Å². The van der Waals surface area contributed by atoms with Crippen molar-refractivity contribution in [1.82, 2.24) is 9.97 Å². The summed E-state index contributed by atoms with van der Waals surface area (Å²) in [5.41, 5.74) is 7.45. The van der Waals surface area contributed by atoms with Crippen LogP contribution in [0.5, 0.6) is 0 Å². The van der Waals surface area contributed by atoms with Crippen LogP contribution in [0, 0.1) is 26.7 Å². The molecule has 0 bridgehead atoms. The van der Waals surface area contributed by atoms with Crippen molar-refractivity contribution in [1.29, 1.82) is 0 Å². The number of aryl methyl sites for hydroxylation is 3. The Kier molecular flexibility index (Phi) is 3.88. The van der Waals surface area contributed by atoms with Crippen LogP contribution >= 0.6 is 11.3 Å². The number of nitrogens with two attached hydrogens (primary N) is 1. The fraction of sp³-hybridized carbons (Fsp3) is 0.625. The second-order valence-corrected chi connectivity index (χ2v) is 7.47. The molecule has 0 aromatic carbocycles. The maximum atomic E-state index is 6.13. The summed E-state index contributed by atoms with van der Waals surface area (Å²) >= 11 is 1.78. The van der Waals surface area contributed by atoms with E-state index in [9.17, 15) is 0 Å². The molecule has 114 valence electrons. The molecule has 21 heavy (non-hydrogen) atoms. The molecule has 0 spiro atoms. The summed E-state index contributed by atoms with van der Waals surface area (Å²) in [6, 6.07) is 0.247. The van der Waals surface area contributed by atoms with Gasteiger partial charge in [0.1, 0.15) is 16.5 Å². The normalized spacial score (nSPS) is 21.0. The number of rotatable bonds is 2. The predicted molar refractivity (Wildman–Crippen MR) is 90.2 cm³/mol. The van der Waals surface area contributed by atoms with E-state index in [-0.39, 0.29) is 6.04 Å². The monoisotopic (exact) mass is 304 g/mol. The molecule has 1 aliphatic heterocycles. The maximum absolute atomic E-state index is 6.13. The molecule has 3 heterocycles. The van der Waals surface area contributed by atoms with E-state index >= 15 is 0 Å². The van der Waals surface area contributed by atoms with Gasteiger partial charge >= 0.3 is 0 Å². The molecule has 1 aliphatic rings. The van der Waals surface area contributed by atoms with E-state index in [0.717, 1.165) is 29.6 Å². The van der Waals surface area contributed by atoms with Gasteiger partial charge in [-0.05, 0) is 52.0 Å². The van der Waals surface area contributed by atoms with Gasteiger partial charge in [-0.15, -0.1) is 11.3 Å². The third-order valence-corrected chi connectivity index (χ3v) is 5.72. The van der Waals surface area contributed by atoms with Crippen LogP contribution in [0.3, 0.4) is 0 Å². The summed E-state index contributed by atoms with van der Waals surface area (Å²) in [7, 11) is 0. The van der Waals surface area contributed by atoms with Crippen molar-refractivity contribution in [3.8, 4) is 0 Å². The lowest BCUT2D eigenvalue weighted by Crippen LogP contribution is -2.42. The molecule has 2 N–H and O–H groups in total. The van der Waals surface area contributed by atoms with E-state index < -0.39 is 0 Å². The van der Waals surface area contributed by atoms with Crippen LogP contribution < -0.4 is 10.6 Å². The highest BCUT2D eigenvalue weighted by Crippen LogP contribution is 2.36. The first-order valence-corrected chi connectivity index (χ1v) is 8.54. The van der Waals surface area contributed by atoms with E-state index in [1.807, 2.05) is 6.92 Å². The van der Waals surface area contributed by atoms with E-state index in [1.165, 1.54) is 28.7 Å². The van der Waals surface area contributed by atoms with Gasteiger partial charge in [0.05, 0.1) is 5.39 Å². The molecule has 2 aromatic rings. The Hall–Kier alpha value is -1.20. The van der Waals surface area contributed by atoms with Crippen molar-refractivity contribution in [3.63, 3.8) is 0 Å². The quantitative estimate of drug-likeness (QED) is 0.926. The van der Waals surface area contributed by atoms with Crippen molar-refractivity contribution in [2.45, 2.75) is 46.6 Å². The molecule has 5 heteroatoms. The standard InChI is InChI=1S/C16H24N4S/c1-9-11(3)21-16-14(9)15(18-12(4)19-16)20-7-5-6-13(8-20)10(2)17/h10,13H,5-8,17H2,1-4H3. The summed E-state index contributed by atoms with van der Waals surface area (Å²) < 4.78 is 0. The second-order valence-electron chi connectivity index (χ2n) is 6.27. The fourth-order valence-electron chi connectivity index (χ4n) is 3.19. The zero-order chi connectivity index (χ0) is 15.1. The Morgan fingerprint density at radius 1 is 1.29 bits per heavy atom. The molecule has 2 aromatic heterocycles. The second kappa shape index (κ2) is 5.54. The number of piperidine rings is 1. The molecular formula is C16H24N4S. The Morgan fingerprint density at radius 2 is 2.05 bits per heavy atom. The average Bonchev–Trinajstić information content (AvgIpc) is 2.73. The molecule has 1 fully saturated rings. The van der Waals surface area contributed by atoms with Gasteiger partial charge < -0.3 is 10.6 Å². The van der Waals surface area contributed by atoms with Crippen LogP contribution in [0.2, 0.25) is 0 Å². The summed E-state index contributed by atoms with van der Waals surface area (Å²) in [6.45, 7) is 10.5. The molecule has 0 aliphatic carbocycles. The van der Waals surface area contributed by atoms with Crippen LogP contribution in [0.25, 0.3) is 10.2 Å². The Bertz CT molecular complexity index is 662. The molecule has 0 radical (unpaired) electrons.